The summed E-state index contributed by atoms with van der Waals surface area (Å²) in [6.07, 6.45) is 0.687. The molecule has 2 aromatic carbocycles. The van der Waals surface area contributed by atoms with Gasteiger partial charge in [-0.25, -0.2) is 0 Å². The number of nitro benzene ring substituents is 2. The molecule has 124 valence electrons. The van der Waals surface area contributed by atoms with Crippen LogP contribution in [0.5, 0.6) is 0 Å². The number of rotatable bonds is 5. The molecule has 0 saturated heterocycles. The van der Waals surface area contributed by atoms with E-state index < -0.39 is 27.1 Å². The Bertz CT molecular complexity index is 800. The molecule has 0 bridgehead atoms. The summed E-state index contributed by atoms with van der Waals surface area (Å²) < 4.78 is 0. The largest absolute Gasteiger partial charge is 0.321 e. The number of carbonyl (C=O) groups excluding carboxylic acids is 1. The first-order chi connectivity index (χ1) is 11.3. The van der Waals surface area contributed by atoms with Crippen molar-refractivity contribution in [1.82, 2.24) is 0 Å². The van der Waals surface area contributed by atoms with Gasteiger partial charge in [0.1, 0.15) is 0 Å². The van der Waals surface area contributed by atoms with Gasteiger partial charge in [-0.2, -0.15) is 0 Å². The molecule has 0 heterocycles. The Kier molecular flexibility index (Phi) is 4.88. The highest BCUT2D eigenvalue weighted by atomic mass is 16.6. The smallest absolute Gasteiger partial charge is 0.277 e. The van der Waals surface area contributed by atoms with E-state index in [1.165, 1.54) is 0 Å². The van der Waals surface area contributed by atoms with Crippen LogP contribution in [-0.4, -0.2) is 15.8 Å². The number of nitrogens with zero attached hydrogens (tertiary/aromatic N) is 2. The normalized spacial score (nSPS) is 10.2. The molecule has 24 heavy (non-hydrogen) atoms. The maximum atomic E-state index is 12.4. The second-order valence-corrected chi connectivity index (χ2v) is 5.17. The molecule has 0 radical (unpaired) electrons. The van der Waals surface area contributed by atoms with Crippen LogP contribution in [0, 0.1) is 27.2 Å². The first-order valence-corrected chi connectivity index (χ1v) is 7.17. The Morgan fingerprint density at radius 3 is 2.17 bits per heavy atom. The lowest BCUT2D eigenvalue weighted by molar-refractivity contribution is -0.394. The van der Waals surface area contributed by atoms with Crippen molar-refractivity contribution in [3.63, 3.8) is 0 Å². The van der Waals surface area contributed by atoms with Crippen molar-refractivity contribution < 1.29 is 14.6 Å². The Hall–Kier alpha value is -3.29. The predicted molar refractivity (Wildman–Crippen MR) is 88.3 cm³/mol. The van der Waals surface area contributed by atoms with Crippen LogP contribution in [0.2, 0.25) is 0 Å². The second-order valence-electron chi connectivity index (χ2n) is 5.17. The lowest BCUT2D eigenvalue weighted by Crippen LogP contribution is -2.15. The van der Waals surface area contributed by atoms with Gasteiger partial charge in [-0.3, -0.25) is 25.0 Å². The fraction of sp³-hybridized carbons (Fsp3) is 0.188. The van der Waals surface area contributed by atoms with Gasteiger partial charge in [-0.1, -0.05) is 25.1 Å². The maximum Gasteiger partial charge on any atom is 0.277 e. The van der Waals surface area contributed by atoms with Crippen LogP contribution >= 0.6 is 0 Å². The Morgan fingerprint density at radius 1 is 1.08 bits per heavy atom. The molecule has 0 saturated carbocycles. The highest BCUT2D eigenvalue weighted by Crippen LogP contribution is 2.25. The number of para-hydroxylation sites is 1. The average molecular weight is 329 g/mol. The van der Waals surface area contributed by atoms with Gasteiger partial charge in [-0.15, -0.1) is 0 Å². The molecule has 0 aromatic heterocycles. The van der Waals surface area contributed by atoms with E-state index in [4.69, 9.17) is 0 Å². The number of non-ortho nitro benzene ring substituents is 2. The Balaban J connectivity index is 2.44. The predicted octanol–water partition coefficient (Wildman–Crippen LogP) is 3.63. The number of nitrogens with one attached hydrogen (secondary N) is 1. The van der Waals surface area contributed by atoms with Gasteiger partial charge in [0.2, 0.25) is 0 Å². The number of amides is 1. The molecule has 1 N–H and O–H groups in total. The van der Waals surface area contributed by atoms with Gasteiger partial charge in [-0.05, 0) is 24.5 Å². The SMILES string of the molecule is CCc1cccc(C)c1NC(=O)c1cc([N+](=O)[O-])cc([N+](=O)[O-])c1. The summed E-state index contributed by atoms with van der Waals surface area (Å²) in [5.74, 6) is -0.634. The quantitative estimate of drug-likeness (QED) is 0.664. The van der Waals surface area contributed by atoms with E-state index in [2.05, 4.69) is 5.32 Å². The fourth-order valence-corrected chi connectivity index (χ4v) is 2.32. The van der Waals surface area contributed by atoms with Gasteiger partial charge in [0.15, 0.2) is 0 Å². The van der Waals surface area contributed by atoms with Crippen LogP contribution in [0.4, 0.5) is 17.1 Å². The molecule has 8 nitrogen and oxygen atoms in total. The molecule has 0 fully saturated rings. The highest BCUT2D eigenvalue weighted by molar-refractivity contribution is 6.05. The van der Waals surface area contributed by atoms with E-state index >= 15 is 0 Å². The molecule has 0 spiro atoms. The molecule has 1 amide bonds. The number of hydrogen-bond donors (Lipinski definition) is 1. The third kappa shape index (κ3) is 3.54. The number of hydrogen-bond acceptors (Lipinski definition) is 5. The number of nitro groups is 2. The number of benzene rings is 2. The minimum Gasteiger partial charge on any atom is -0.321 e. The van der Waals surface area contributed by atoms with Gasteiger partial charge < -0.3 is 5.32 Å². The number of aryl methyl sites for hydroxylation is 2. The van der Waals surface area contributed by atoms with Crippen LogP contribution < -0.4 is 5.32 Å². The zero-order valence-electron chi connectivity index (χ0n) is 13.1. The number of anilines is 1. The molecular weight excluding hydrogens is 314 g/mol. The van der Waals surface area contributed by atoms with Crippen molar-refractivity contribution in [2.75, 3.05) is 5.32 Å². The van der Waals surface area contributed by atoms with Crippen LogP contribution in [0.15, 0.2) is 36.4 Å². The zero-order valence-corrected chi connectivity index (χ0v) is 13.1. The minimum atomic E-state index is -0.769. The topological polar surface area (TPSA) is 115 Å². The first-order valence-electron chi connectivity index (χ1n) is 7.17. The second kappa shape index (κ2) is 6.86. The van der Waals surface area contributed by atoms with Crippen molar-refractivity contribution in [1.29, 1.82) is 0 Å². The summed E-state index contributed by atoms with van der Waals surface area (Å²) in [5, 5.41) is 24.5. The molecule has 8 heteroatoms. The third-order valence-corrected chi connectivity index (χ3v) is 3.56. The van der Waals surface area contributed by atoms with Gasteiger partial charge in [0.05, 0.1) is 21.5 Å². The van der Waals surface area contributed by atoms with Crippen LogP contribution in [-0.2, 0) is 6.42 Å². The van der Waals surface area contributed by atoms with Crippen LogP contribution in [0.25, 0.3) is 0 Å². The van der Waals surface area contributed by atoms with Crippen LogP contribution in [0.3, 0.4) is 0 Å². The molecular formula is C16H15N3O5. The standard InChI is InChI=1S/C16H15N3O5/c1-3-11-6-4-5-10(2)15(11)17-16(20)12-7-13(18(21)22)9-14(8-12)19(23)24/h4-9H,3H2,1-2H3,(H,17,20). The molecule has 2 aromatic rings. The first kappa shape index (κ1) is 17.1. The molecule has 0 atom stereocenters. The van der Waals surface area contributed by atoms with E-state index in [9.17, 15) is 25.0 Å². The van der Waals surface area contributed by atoms with E-state index in [1.807, 2.05) is 32.0 Å². The van der Waals surface area contributed by atoms with Crippen molar-refractivity contribution in [3.05, 3.63) is 73.3 Å². The van der Waals surface area contributed by atoms with Crippen molar-refractivity contribution in [2.45, 2.75) is 20.3 Å². The van der Waals surface area contributed by atoms with E-state index in [0.29, 0.717) is 12.1 Å². The summed E-state index contributed by atoms with van der Waals surface area (Å²) in [7, 11) is 0. The summed E-state index contributed by atoms with van der Waals surface area (Å²) in [5.41, 5.74) is 1.20. The summed E-state index contributed by atoms with van der Waals surface area (Å²) in [4.78, 5) is 32.7. The maximum absolute atomic E-state index is 12.4. The highest BCUT2D eigenvalue weighted by Gasteiger charge is 2.20. The Labute approximate surface area is 137 Å². The van der Waals surface area contributed by atoms with E-state index in [1.54, 1.807) is 0 Å². The van der Waals surface area contributed by atoms with E-state index in [0.717, 1.165) is 29.3 Å². The minimum absolute atomic E-state index is 0.138. The van der Waals surface area contributed by atoms with Crippen molar-refractivity contribution >= 4 is 23.0 Å². The van der Waals surface area contributed by atoms with Gasteiger partial charge in [0.25, 0.3) is 17.3 Å². The van der Waals surface area contributed by atoms with Crippen molar-refractivity contribution in [3.8, 4) is 0 Å². The third-order valence-electron chi connectivity index (χ3n) is 3.56. The van der Waals surface area contributed by atoms with Crippen LogP contribution in [0.1, 0.15) is 28.4 Å². The fourth-order valence-electron chi connectivity index (χ4n) is 2.32. The van der Waals surface area contributed by atoms with Crippen molar-refractivity contribution in [2.24, 2.45) is 0 Å². The molecule has 0 aliphatic carbocycles. The summed E-state index contributed by atoms with van der Waals surface area (Å²) in [6.45, 7) is 3.76. The molecule has 0 aliphatic heterocycles. The molecule has 0 unspecified atom stereocenters. The number of carbonyl (C=O) groups is 1. The molecule has 2 rings (SSSR count). The summed E-state index contributed by atoms with van der Waals surface area (Å²) >= 11 is 0. The zero-order chi connectivity index (χ0) is 17.9. The van der Waals surface area contributed by atoms with Gasteiger partial charge in [0, 0.05) is 17.8 Å². The van der Waals surface area contributed by atoms with E-state index in [-0.39, 0.29) is 5.56 Å². The lowest BCUT2D eigenvalue weighted by Gasteiger charge is -2.13. The van der Waals surface area contributed by atoms with Gasteiger partial charge >= 0.3 is 0 Å². The monoisotopic (exact) mass is 329 g/mol. The Morgan fingerprint density at radius 2 is 1.67 bits per heavy atom. The average Bonchev–Trinajstić information content (AvgIpc) is 2.55. The lowest BCUT2D eigenvalue weighted by atomic mass is 10.1. The summed E-state index contributed by atoms with van der Waals surface area (Å²) in [6, 6.07) is 8.41. The molecule has 0 aliphatic rings.